The SMILES string of the molecule is CCCc1ccc(OCc2nnc3c4cnn(-c5ccc(C)cc5)c4ncn23)c(OC)c1. The van der Waals surface area contributed by atoms with Gasteiger partial charge in [-0.2, -0.15) is 5.10 Å². The average molecular weight is 428 g/mol. The summed E-state index contributed by atoms with van der Waals surface area (Å²) >= 11 is 0. The molecule has 162 valence electrons. The van der Waals surface area contributed by atoms with Gasteiger partial charge in [0.2, 0.25) is 0 Å². The van der Waals surface area contributed by atoms with E-state index in [-0.39, 0.29) is 6.61 Å². The molecule has 0 atom stereocenters. The Hall–Kier alpha value is -3.94. The fourth-order valence-corrected chi connectivity index (χ4v) is 3.76. The van der Waals surface area contributed by atoms with Gasteiger partial charge in [0.05, 0.1) is 24.4 Å². The lowest BCUT2D eigenvalue weighted by molar-refractivity contribution is 0.275. The number of hydrogen-bond donors (Lipinski definition) is 0. The second-order valence-corrected chi connectivity index (χ2v) is 7.71. The fraction of sp³-hybridized carbons (Fsp3) is 0.250. The van der Waals surface area contributed by atoms with Crippen molar-refractivity contribution in [2.75, 3.05) is 7.11 Å². The van der Waals surface area contributed by atoms with Gasteiger partial charge in [0.1, 0.15) is 12.9 Å². The summed E-state index contributed by atoms with van der Waals surface area (Å²) in [5.74, 6) is 2.03. The molecule has 0 bridgehead atoms. The van der Waals surface area contributed by atoms with Crippen LogP contribution in [0.5, 0.6) is 11.5 Å². The summed E-state index contributed by atoms with van der Waals surface area (Å²) < 4.78 is 15.2. The van der Waals surface area contributed by atoms with E-state index in [4.69, 9.17) is 9.47 Å². The molecule has 0 aliphatic heterocycles. The molecule has 8 nitrogen and oxygen atoms in total. The lowest BCUT2D eigenvalue weighted by atomic mass is 10.1. The topological polar surface area (TPSA) is 79.4 Å². The first kappa shape index (κ1) is 20.0. The zero-order valence-corrected chi connectivity index (χ0v) is 18.3. The molecule has 2 aromatic carbocycles. The van der Waals surface area contributed by atoms with Crippen LogP contribution in [0.2, 0.25) is 0 Å². The van der Waals surface area contributed by atoms with Crippen molar-refractivity contribution in [2.45, 2.75) is 33.3 Å². The number of hydrogen-bond acceptors (Lipinski definition) is 6. The highest BCUT2D eigenvalue weighted by atomic mass is 16.5. The van der Waals surface area contributed by atoms with E-state index < -0.39 is 0 Å². The minimum atomic E-state index is 0.240. The molecule has 5 aromatic rings. The van der Waals surface area contributed by atoms with Gasteiger partial charge < -0.3 is 9.47 Å². The molecular weight excluding hydrogens is 404 g/mol. The van der Waals surface area contributed by atoms with Crippen LogP contribution < -0.4 is 9.47 Å². The van der Waals surface area contributed by atoms with E-state index in [2.05, 4.69) is 52.3 Å². The van der Waals surface area contributed by atoms with E-state index in [1.54, 1.807) is 19.6 Å². The molecule has 0 radical (unpaired) electrons. The summed E-state index contributed by atoms with van der Waals surface area (Å²) in [4.78, 5) is 4.62. The van der Waals surface area contributed by atoms with Gasteiger partial charge in [0.25, 0.3) is 0 Å². The molecule has 32 heavy (non-hydrogen) atoms. The van der Waals surface area contributed by atoms with Crippen molar-refractivity contribution in [2.24, 2.45) is 0 Å². The van der Waals surface area contributed by atoms with Crippen molar-refractivity contribution in [3.63, 3.8) is 0 Å². The molecule has 0 aliphatic carbocycles. The Bertz CT molecular complexity index is 1390. The van der Waals surface area contributed by atoms with E-state index in [0.29, 0.717) is 23.0 Å². The van der Waals surface area contributed by atoms with E-state index in [1.807, 2.05) is 33.3 Å². The molecule has 0 aliphatic rings. The van der Waals surface area contributed by atoms with E-state index in [1.165, 1.54) is 11.1 Å². The third kappa shape index (κ3) is 3.53. The smallest absolute Gasteiger partial charge is 0.176 e. The number of methoxy groups -OCH3 is 1. The highest BCUT2D eigenvalue weighted by molar-refractivity contribution is 5.89. The molecule has 0 amide bonds. The van der Waals surface area contributed by atoms with Crippen LogP contribution in [0.15, 0.2) is 55.0 Å². The van der Waals surface area contributed by atoms with Crippen molar-refractivity contribution in [3.05, 3.63) is 71.9 Å². The average Bonchev–Trinajstić information content (AvgIpc) is 3.43. The molecule has 3 aromatic heterocycles. The number of aryl methyl sites for hydroxylation is 2. The van der Waals surface area contributed by atoms with Crippen LogP contribution in [-0.2, 0) is 13.0 Å². The van der Waals surface area contributed by atoms with Crippen LogP contribution in [0.3, 0.4) is 0 Å². The highest BCUT2D eigenvalue weighted by Crippen LogP contribution is 2.29. The highest BCUT2D eigenvalue weighted by Gasteiger charge is 2.15. The summed E-state index contributed by atoms with van der Waals surface area (Å²) in [5.41, 5.74) is 4.79. The minimum absolute atomic E-state index is 0.240. The largest absolute Gasteiger partial charge is 0.493 e. The quantitative estimate of drug-likeness (QED) is 0.384. The van der Waals surface area contributed by atoms with Gasteiger partial charge in [0.15, 0.2) is 28.6 Å². The van der Waals surface area contributed by atoms with Crippen molar-refractivity contribution in [3.8, 4) is 17.2 Å². The van der Waals surface area contributed by atoms with Crippen LogP contribution in [0, 0.1) is 6.92 Å². The van der Waals surface area contributed by atoms with Gasteiger partial charge in [-0.15, -0.1) is 10.2 Å². The Labute approximate surface area is 185 Å². The van der Waals surface area contributed by atoms with Crippen LogP contribution in [0.1, 0.15) is 30.3 Å². The Morgan fingerprint density at radius 1 is 0.969 bits per heavy atom. The molecule has 0 N–H and O–H groups in total. The van der Waals surface area contributed by atoms with Crippen LogP contribution >= 0.6 is 0 Å². The van der Waals surface area contributed by atoms with E-state index in [9.17, 15) is 0 Å². The second-order valence-electron chi connectivity index (χ2n) is 7.71. The van der Waals surface area contributed by atoms with Crippen molar-refractivity contribution >= 4 is 16.7 Å². The monoisotopic (exact) mass is 428 g/mol. The number of ether oxygens (including phenoxy) is 2. The van der Waals surface area contributed by atoms with Gasteiger partial charge in [-0.05, 0) is 43.2 Å². The Kier molecular flexibility index (Phi) is 5.18. The summed E-state index contributed by atoms with van der Waals surface area (Å²) in [6, 6.07) is 14.2. The second kappa shape index (κ2) is 8.30. The molecule has 0 spiro atoms. The zero-order chi connectivity index (χ0) is 22.1. The first-order valence-electron chi connectivity index (χ1n) is 10.6. The molecule has 0 saturated heterocycles. The maximum absolute atomic E-state index is 6.01. The number of aromatic nitrogens is 6. The van der Waals surface area contributed by atoms with Crippen molar-refractivity contribution in [1.82, 2.24) is 29.4 Å². The Morgan fingerprint density at radius 3 is 2.59 bits per heavy atom. The van der Waals surface area contributed by atoms with E-state index in [0.717, 1.165) is 29.6 Å². The van der Waals surface area contributed by atoms with Crippen LogP contribution in [-0.4, -0.2) is 36.5 Å². The molecule has 8 heteroatoms. The molecule has 0 fully saturated rings. The van der Waals surface area contributed by atoms with Crippen molar-refractivity contribution in [1.29, 1.82) is 0 Å². The van der Waals surface area contributed by atoms with Gasteiger partial charge in [-0.1, -0.05) is 37.1 Å². The fourth-order valence-electron chi connectivity index (χ4n) is 3.76. The summed E-state index contributed by atoms with van der Waals surface area (Å²) in [6.07, 6.45) is 5.57. The first-order chi connectivity index (χ1) is 15.7. The van der Waals surface area contributed by atoms with Crippen LogP contribution in [0.4, 0.5) is 0 Å². The first-order valence-corrected chi connectivity index (χ1v) is 10.6. The summed E-state index contributed by atoms with van der Waals surface area (Å²) in [5, 5.41) is 14.0. The predicted molar refractivity (Wildman–Crippen MR) is 121 cm³/mol. The number of fused-ring (bicyclic) bond motifs is 3. The summed E-state index contributed by atoms with van der Waals surface area (Å²) in [6.45, 7) is 4.45. The standard InChI is InChI=1S/C24H24N6O2/c1-4-5-17-8-11-20(21(12-17)31-3)32-14-22-27-28-24-19-13-26-30(23(19)25-15-29(22)24)18-9-6-16(2)7-10-18/h6-13,15H,4-5,14H2,1-3H3. The zero-order valence-electron chi connectivity index (χ0n) is 18.3. The molecular formula is C24H24N6O2. The summed E-state index contributed by atoms with van der Waals surface area (Å²) in [7, 11) is 1.65. The number of rotatable bonds is 7. The number of benzene rings is 2. The molecule has 3 heterocycles. The van der Waals surface area contributed by atoms with Crippen molar-refractivity contribution < 1.29 is 9.47 Å². The van der Waals surface area contributed by atoms with E-state index >= 15 is 0 Å². The number of nitrogens with zero attached hydrogens (tertiary/aromatic N) is 6. The third-order valence-electron chi connectivity index (χ3n) is 5.45. The van der Waals surface area contributed by atoms with Gasteiger partial charge in [-0.25, -0.2) is 9.67 Å². The van der Waals surface area contributed by atoms with Gasteiger partial charge in [-0.3, -0.25) is 4.40 Å². The predicted octanol–water partition coefficient (Wildman–Crippen LogP) is 4.31. The Morgan fingerprint density at radius 2 is 1.81 bits per heavy atom. The normalized spacial score (nSPS) is 11.3. The molecule has 5 rings (SSSR count). The lowest BCUT2D eigenvalue weighted by Crippen LogP contribution is -2.04. The molecule has 0 saturated carbocycles. The van der Waals surface area contributed by atoms with Gasteiger partial charge in [0, 0.05) is 0 Å². The van der Waals surface area contributed by atoms with Crippen LogP contribution in [0.25, 0.3) is 22.4 Å². The third-order valence-corrected chi connectivity index (χ3v) is 5.45. The maximum Gasteiger partial charge on any atom is 0.176 e. The van der Waals surface area contributed by atoms with Gasteiger partial charge >= 0.3 is 0 Å². The maximum atomic E-state index is 6.01. The molecule has 0 unspecified atom stereocenters. The minimum Gasteiger partial charge on any atom is -0.493 e. The Balaban J connectivity index is 1.44. The lowest BCUT2D eigenvalue weighted by Gasteiger charge is -2.11.